The van der Waals surface area contributed by atoms with Crippen molar-refractivity contribution in [3.63, 3.8) is 0 Å². The number of nitrogens with one attached hydrogen (secondary N) is 1. The van der Waals surface area contributed by atoms with Crippen molar-refractivity contribution in [2.24, 2.45) is 0 Å². The van der Waals surface area contributed by atoms with Crippen LogP contribution in [0.2, 0.25) is 5.02 Å². The van der Waals surface area contributed by atoms with Gasteiger partial charge in [0.15, 0.2) is 0 Å². The van der Waals surface area contributed by atoms with E-state index in [0.29, 0.717) is 12.2 Å². The molecule has 1 N–H and O–H groups in total. The zero-order valence-electron chi connectivity index (χ0n) is 10.4. The lowest BCUT2D eigenvalue weighted by Crippen LogP contribution is -2.14. The summed E-state index contributed by atoms with van der Waals surface area (Å²) in [5, 5.41) is 6.72. The third-order valence-corrected chi connectivity index (χ3v) is 2.84. The zero-order valence-corrected chi connectivity index (χ0v) is 11.1. The molecule has 0 aliphatic rings. The van der Waals surface area contributed by atoms with Crippen LogP contribution in [0.4, 0.5) is 10.1 Å². The van der Waals surface area contributed by atoms with Crippen LogP contribution in [0.25, 0.3) is 0 Å². The van der Waals surface area contributed by atoms with Crippen LogP contribution in [0.15, 0.2) is 30.6 Å². The normalized spacial score (nSPS) is 10.5. The number of hydrogen-bond donors (Lipinski definition) is 1. The molecule has 4 nitrogen and oxygen atoms in total. The third kappa shape index (κ3) is 3.79. The van der Waals surface area contributed by atoms with Gasteiger partial charge in [-0.05, 0) is 30.7 Å². The first-order valence-electron chi connectivity index (χ1n) is 5.78. The number of benzene rings is 1. The first-order chi connectivity index (χ1) is 9.04. The van der Waals surface area contributed by atoms with E-state index in [9.17, 15) is 9.18 Å². The number of aromatic nitrogens is 2. The maximum atomic E-state index is 13.2. The second kappa shape index (κ2) is 5.84. The Bertz CT molecular complexity index is 597. The van der Waals surface area contributed by atoms with Gasteiger partial charge >= 0.3 is 0 Å². The molecule has 0 aliphatic heterocycles. The molecule has 0 atom stereocenters. The Morgan fingerprint density at radius 2 is 2.32 bits per heavy atom. The number of aryl methyl sites for hydroxylation is 2. The summed E-state index contributed by atoms with van der Waals surface area (Å²) in [6.07, 6.45) is 3.85. The van der Waals surface area contributed by atoms with Gasteiger partial charge in [0.25, 0.3) is 0 Å². The van der Waals surface area contributed by atoms with Crippen LogP contribution in [-0.2, 0) is 11.3 Å². The van der Waals surface area contributed by atoms with Crippen molar-refractivity contribution in [1.82, 2.24) is 9.78 Å². The molecule has 0 spiro atoms. The molecule has 1 aromatic carbocycles. The van der Waals surface area contributed by atoms with E-state index in [1.54, 1.807) is 16.9 Å². The SMILES string of the molecule is Cc1cnn(CCC(=O)Nc2ccc(Cl)c(F)c2)c1. The number of anilines is 1. The van der Waals surface area contributed by atoms with Crippen molar-refractivity contribution in [2.75, 3.05) is 5.32 Å². The van der Waals surface area contributed by atoms with E-state index >= 15 is 0 Å². The van der Waals surface area contributed by atoms with E-state index in [-0.39, 0.29) is 17.4 Å². The summed E-state index contributed by atoms with van der Waals surface area (Å²) in [6, 6.07) is 4.16. The smallest absolute Gasteiger partial charge is 0.226 e. The average Bonchev–Trinajstić information content (AvgIpc) is 2.77. The molecule has 6 heteroatoms. The second-order valence-electron chi connectivity index (χ2n) is 4.21. The highest BCUT2D eigenvalue weighted by atomic mass is 35.5. The minimum atomic E-state index is -0.554. The molecule has 100 valence electrons. The number of amides is 1. The standard InChI is InChI=1S/C13H13ClFN3O/c1-9-7-16-18(8-9)5-4-13(19)17-10-2-3-11(14)12(15)6-10/h2-3,6-8H,4-5H2,1H3,(H,17,19). The van der Waals surface area contributed by atoms with Gasteiger partial charge in [0.2, 0.25) is 5.91 Å². The predicted octanol–water partition coefficient (Wildman–Crippen LogP) is 3.01. The number of carbonyl (C=O) groups is 1. The molecule has 1 aromatic heterocycles. The molecule has 1 heterocycles. The Kier molecular flexibility index (Phi) is 4.16. The highest BCUT2D eigenvalue weighted by Gasteiger charge is 2.06. The Morgan fingerprint density at radius 3 is 2.95 bits per heavy atom. The van der Waals surface area contributed by atoms with Gasteiger partial charge in [-0.2, -0.15) is 5.10 Å². The lowest BCUT2D eigenvalue weighted by Gasteiger charge is -2.06. The van der Waals surface area contributed by atoms with E-state index in [1.165, 1.54) is 12.1 Å². The number of rotatable bonds is 4. The van der Waals surface area contributed by atoms with Gasteiger partial charge in [-0.25, -0.2) is 4.39 Å². The minimum absolute atomic E-state index is 0.0324. The molecule has 2 aromatic rings. The van der Waals surface area contributed by atoms with Crippen LogP contribution in [0, 0.1) is 12.7 Å². The van der Waals surface area contributed by atoms with Crippen LogP contribution >= 0.6 is 11.6 Å². The second-order valence-corrected chi connectivity index (χ2v) is 4.62. The number of carbonyl (C=O) groups excluding carboxylic acids is 1. The van der Waals surface area contributed by atoms with Crippen LogP contribution in [0.3, 0.4) is 0 Å². The van der Waals surface area contributed by atoms with Gasteiger partial charge in [-0.1, -0.05) is 11.6 Å². The molecular formula is C13H13ClFN3O. The Morgan fingerprint density at radius 1 is 1.53 bits per heavy atom. The summed E-state index contributed by atoms with van der Waals surface area (Å²) in [5.74, 6) is -0.753. The van der Waals surface area contributed by atoms with Crippen LogP contribution in [0.5, 0.6) is 0 Å². The fourth-order valence-electron chi connectivity index (χ4n) is 1.60. The number of nitrogens with zero attached hydrogens (tertiary/aromatic N) is 2. The van der Waals surface area contributed by atoms with Crippen LogP contribution in [-0.4, -0.2) is 15.7 Å². The van der Waals surface area contributed by atoms with Gasteiger partial charge in [0, 0.05) is 24.8 Å². The summed E-state index contributed by atoms with van der Waals surface area (Å²) in [5.41, 5.74) is 1.43. The van der Waals surface area contributed by atoms with Crippen LogP contribution < -0.4 is 5.32 Å². The van der Waals surface area contributed by atoms with E-state index in [1.807, 2.05) is 13.1 Å². The van der Waals surface area contributed by atoms with E-state index < -0.39 is 5.82 Å². The van der Waals surface area contributed by atoms with Gasteiger partial charge in [-0.15, -0.1) is 0 Å². The van der Waals surface area contributed by atoms with Gasteiger partial charge in [0.1, 0.15) is 5.82 Å². The summed E-state index contributed by atoms with van der Waals surface area (Å²) < 4.78 is 14.9. The lowest BCUT2D eigenvalue weighted by atomic mass is 10.3. The molecule has 19 heavy (non-hydrogen) atoms. The Hall–Kier alpha value is -1.88. The van der Waals surface area contributed by atoms with Crippen molar-refractivity contribution in [3.8, 4) is 0 Å². The quantitative estimate of drug-likeness (QED) is 0.936. The Balaban J connectivity index is 1.88. The first-order valence-corrected chi connectivity index (χ1v) is 6.16. The van der Waals surface area contributed by atoms with Crippen molar-refractivity contribution in [1.29, 1.82) is 0 Å². The maximum absolute atomic E-state index is 13.2. The predicted molar refractivity (Wildman–Crippen MR) is 71.6 cm³/mol. The van der Waals surface area contributed by atoms with Crippen molar-refractivity contribution in [3.05, 3.63) is 47.0 Å². The highest BCUT2D eigenvalue weighted by Crippen LogP contribution is 2.18. The molecule has 1 amide bonds. The number of halogens is 2. The summed E-state index contributed by atoms with van der Waals surface area (Å²) >= 11 is 5.56. The zero-order chi connectivity index (χ0) is 13.8. The summed E-state index contributed by atoms with van der Waals surface area (Å²) in [7, 11) is 0. The fourth-order valence-corrected chi connectivity index (χ4v) is 1.72. The first kappa shape index (κ1) is 13.5. The molecule has 0 bridgehead atoms. The monoisotopic (exact) mass is 281 g/mol. The Labute approximate surface area is 115 Å². The van der Waals surface area contributed by atoms with Crippen molar-refractivity contribution >= 4 is 23.2 Å². The van der Waals surface area contributed by atoms with E-state index in [4.69, 9.17) is 11.6 Å². The molecule has 0 aliphatic carbocycles. The fraction of sp³-hybridized carbons (Fsp3) is 0.231. The summed E-state index contributed by atoms with van der Waals surface area (Å²) in [6.45, 7) is 2.41. The maximum Gasteiger partial charge on any atom is 0.226 e. The molecule has 0 fully saturated rings. The third-order valence-electron chi connectivity index (χ3n) is 2.53. The topological polar surface area (TPSA) is 46.9 Å². The molecule has 0 radical (unpaired) electrons. The molecule has 0 unspecified atom stereocenters. The number of hydrogen-bond acceptors (Lipinski definition) is 2. The van der Waals surface area contributed by atoms with Crippen molar-refractivity contribution in [2.45, 2.75) is 19.9 Å². The van der Waals surface area contributed by atoms with E-state index in [2.05, 4.69) is 10.4 Å². The molecule has 2 rings (SSSR count). The average molecular weight is 282 g/mol. The largest absolute Gasteiger partial charge is 0.326 e. The van der Waals surface area contributed by atoms with Crippen LogP contribution in [0.1, 0.15) is 12.0 Å². The molecule has 0 saturated heterocycles. The summed E-state index contributed by atoms with van der Waals surface area (Å²) in [4.78, 5) is 11.7. The van der Waals surface area contributed by atoms with Gasteiger partial charge in [-0.3, -0.25) is 9.48 Å². The van der Waals surface area contributed by atoms with Gasteiger partial charge < -0.3 is 5.32 Å². The lowest BCUT2D eigenvalue weighted by molar-refractivity contribution is -0.116. The van der Waals surface area contributed by atoms with Gasteiger partial charge in [0.05, 0.1) is 11.2 Å². The minimum Gasteiger partial charge on any atom is -0.326 e. The van der Waals surface area contributed by atoms with E-state index in [0.717, 1.165) is 5.56 Å². The highest BCUT2D eigenvalue weighted by molar-refractivity contribution is 6.30. The molecule has 0 saturated carbocycles. The van der Waals surface area contributed by atoms with Crippen molar-refractivity contribution < 1.29 is 9.18 Å². The molecular weight excluding hydrogens is 269 g/mol.